The van der Waals surface area contributed by atoms with Crippen molar-refractivity contribution in [3.8, 4) is 0 Å². The number of hydrogen-bond donors (Lipinski definition) is 2. The zero-order valence-electron chi connectivity index (χ0n) is 9.71. The Balaban J connectivity index is 3.81. The summed E-state index contributed by atoms with van der Waals surface area (Å²) in [5.74, 6) is 0.0759. The summed E-state index contributed by atoms with van der Waals surface area (Å²) in [6, 6.07) is 0. The number of alkyl carbamates (subject to hydrolysis) is 1. The van der Waals surface area contributed by atoms with Crippen LogP contribution in [-0.4, -0.2) is 35.3 Å². The quantitative estimate of drug-likeness (QED) is 0.733. The summed E-state index contributed by atoms with van der Waals surface area (Å²) >= 11 is 5.47. The van der Waals surface area contributed by atoms with Gasteiger partial charge in [0.15, 0.2) is 0 Å². The molecule has 0 heterocycles. The van der Waals surface area contributed by atoms with Crippen molar-refractivity contribution in [2.75, 3.05) is 12.4 Å². The van der Waals surface area contributed by atoms with E-state index >= 15 is 0 Å². The number of carbonyl (C=O) groups is 1. The molecule has 0 aromatic rings. The minimum atomic E-state index is -0.610. The molecule has 4 nitrogen and oxygen atoms in total. The number of aliphatic hydroxyl groups is 1. The fourth-order valence-electron chi connectivity index (χ4n) is 0.847. The molecular formula is C10H20ClNO3. The van der Waals surface area contributed by atoms with Gasteiger partial charge in [-0.2, -0.15) is 0 Å². The Bertz CT molecular complexity index is 203. The highest BCUT2D eigenvalue weighted by Crippen LogP contribution is 2.07. The molecule has 0 saturated carbocycles. The first-order chi connectivity index (χ1) is 6.76. The van der Waals surface area contributed by atoms with Gasteiger partial charge in [0.25, 0.3) is 0 Å². The summed E-state index contributed by atoms with van der Waals surface area (Å²) < 4.78 is 5.04. The maximum absolute atomic E-state index is 11.2. The Kier molecular flexibility index (Phi) is 5.98. The molecule has 0 aliphatic rings. The normalized spacial score (nSPS) is 15.6. The lowest BCUT2D eigenvalue weighted by molar-refractivity contribution is 0.0500. The van der Waals surface area contributed by atoms with Crippen LogP contribution in [-0.2, 0) is 4.74 Å². The Labute approximate surface area is 95.9 Å². The molecule has 0 radical (unpaired) electrons. The van der Waals surface area contributed by atoms with Gasteiger partial charge in [0.05, 0.1) is 6.10 Å². The van der Waals surface area contributed by atoms with Crippen LogP contribution in [0.3, 0.4) is 0 Å². The number of hydrogen-bond acceptors (Lipinski definition) is 3. The van der Waals surface area contributed by atoms with Crippen molar-refractivity contribution in [3.63, 3.8) is 0 Å². The molecule has 0 aromatic carbocycles. The van der Waals surface area contributed by atoms with Gasteiger partial charge < -0.3 is 15.2 Å². The first-order valence-corrected chi connectivity index (χ1v) is 5.50. The van der Waals surface area contributed by atoms with Gasteiger partial charge in [-0.15, -0.1) is 11.6 Å². The predicted molar refractivity (Wildman–Crippen MR) is 60.1 cm³/mol. The van der Waals surface area contributed by atoms with Crippen molar-refractivity contribution < 1.29 is 14.6 Å². The molecule has 0 aromatic heterocycles. The highest BCUT2D eigenvalue weighted by Gasteiger charge is 2.18. The molecule has 1 amide bonds. The molecule has 90 valence electrons. The van der Waals surface area contributed by atoms with E-state index in [9.17, 15) is 9.90 Å². The van der Waals surface area contributed by atoms with Crippen LogP contribution in [0.2, 0.25) is 0 Å². The molecule has 0 aliphatic heterocycles. The predicted octanol–water partition coefficient (Wildman–Crippen LogP) is 1.75. The summed E-state index contributed by atoms with van der Waals surface area (Å²) in [6.45, 7) is 7.55. The van der Waals surface area contributed by atoms with Gasteiger partial charge in [0.1, 0.15) is 5.60 Å². The number of halogens is 1. The van der Waals surface area contributed by atoms with Crippen molar-refractivity contribution >= 4 is 17.7 Å². The lowest BCUT2D eigenvalue weighted by Crippen LogP contribution is -2.37. The van der Waals surface area contributed by atoms with Gasteiger partial charge >= 0.3 is 6.09 Å². The lowest BCUT2D eigenvalue weighted by atomic mass is 10.1. The zero-order chi connectivity index (χ0) is 12.1. The monoisotopic (exact) mass is 237 g/mol. The molecule has 2 unspecified atom stereocenters. The SMILES string of the molecule is CC(CNC(=O)OC(C)(C)C)C(O)CCl. The van der Waals surface area contributed by atoms with Crippen molar-refractivity contribution in [1.29, 1.82) is 0 Å². The molecule has 5 heteroatoms. The molecule has 0 saturated heterocycles. The van der Waals surface area contributed by atoms with Gasteiger partial charge in [-0.1, -0.05) is 6.92 Å². The van der Waals surface area contributed by atoms with E-state index in [4.69, 9.17) is 16.3 Å². The van der Waals surface area contributed by atoms with Crippen LogP contribution in [0.15, 0.2) is 0 Å². The van der Waals surface area contributed by atoms with Crippen LogP contribution < -0.4 is 5.32 Å². The minimum absolute atomic E-state index is 0.0879. The number of alkyl halides is 1. The summed E-state index contributed by atoms with van der Waals surface area (Å²) in [4.78, 5) is 11.2. The standard InChI is InChI=1S/C10H20ClNO3/c1-7(8(13)5-11)6-12-9(14)15-10(2,3)4/h7-8,13H,5-6H2,1-4H3,(H,12,14). The highest BCUT2D eigenvalue weighted by molar-refractivity contribution is 6.18. The number of carbonyl (C=O) groups excluding carboxylic acids is 1. The highest BCUT2D eigenvalue weighted by atomic mass is 35.5. The Hall–Kier alpha value is -0.480. The van der Waals surface area contributed by atoms with E-state index in [2.05, 4.69) is 5.32 Å². The summed E-state index contributed by atoms with van der Waals surface area (Å²) in [5, 5.41) is 11.9. The number of rotatable bonds is 4. The molecule has 0 rings (SSSR count). The minimum Gasteiger partial charge on any atom is -0.444 e. The van der Waals surface area contributed by atoms with Crippen molar-refractivity contribution in [3.05, 3.63) is 0 Å². The van der Waals surface area contributed by atoms with E-state index in [0.29, 0.717) is 6.54 Å². The molecule has 0 fully saturated rings. The second-order valence-electron chi connectivity index (χ2n) is 4.58. The number of nitrogens with one attached hydrogen (secondary N) is 1. The van der Waals surface area contributed by atoms with Crippen LogP contribution in [0.4, 0.5) is 4.79 Å². The second kappa shape index (κ2) is 6.18. The van der Waals surface area contributed by atoms with Crippen LogP contribution in [0.25, 0.3) is 0 Å². The first-order valence-electron chi connectivity index (χ1n) is 4.97. The van der Waals surface area contributed by atoms with Crippen LogP contribution in [0, 0.1) is 5.92 Å². The Morgan fingerprint density at radius 2 is 2.07 bits per heavy atom. The topological polar surface area (TPSA) is 58.6 Å². The van der Waals surface area contributed by atoms with Gasteiger partial charge in [-0.25, -0.2) is 4.79 Å². The summed E-state index contributed by atoms with van der Waals surface area (Å²) in [7, 11) is 0. The average molecular weight is 238 g/mol. The fraction of sp³-hybridized carbons (Fsp3) is 0.900. The van der Waals surface area contributed by atoms with Crippen LogP contribution in [0.1, 0.15) is 27.7 Å². The number of ether oxygens (including phenoxy) is 1. The Morgan fingerprint density at radius 1 is 1.53 bits per heavy atom. The zero-order valence-corrected chi connectivity index (χ0v) is 10.5. The molecule has 0 bridgehead atoms. The molecular weight excluding hydrogens is 218 g/mol. The molecule has 15 heavy (non-hydrogen) atoms. The molecule has 2 atom stereocenters. The van der Waals surface area contributed by atoms with Gasteiger partial charge in [-0.05, 0) is 20.8 Å². The maximum Gasteiger partial charge on any atom is 0.407 e. The summed E-state index contributed by atoms with van der Waals surface area (Å²) in [5.41, 5.74) is -0.502. The van der Waals surface area contributed by atoms with E-state index in [0.717, 1.165) is 0 Å². The van der Waals surface area contributed by atoms with E-state index in [1.54, 1.807) is 20.8 Å². The molecule has 0 aliphatic carbocycles. The van der Waals surface area contributed by atoms with Gasteiger partial charge in [0.2, 0.25) is 0 Å². The second-order valence-corrected chi connectivity index (χ2v) is 4.89. The number of aliphatic hydroxyl groups excluding tert-OH is 1. The first kappa shape index (κ1) is 14.5. The Morgan fingerprint density at radius 3 is 2.47 bits per heavy atom. The van der Waals surface area contributed by atoms with E-state index in [-0.39, 0.29) is 11.8 Å². The van der Waals surface area contributed by atoms with Crippen LogP contribution in [0.5, 0.6) is 0 Å². The van der Waals surface area contributed by atoms with E-state index < -0.39 is 17.8 Å². The maximum atomic E-state index is 11.2. The van der Waals surface area contributed by atoms with E-state index in [1.807, 2.05) is 6.92 Å². The van der Waals surface area contributed by atoms with Crippen molar-refractivity contribution in [2.45, 2.75) is 39.4 Å². The van der Waals surface area contributed by atoms with Crippen LogP contribution >= 0.6 is 11.6 Å². The third-order valence-corrected chi connectivity index (χ3v) is 2.10. The average Bonchev–Trinajstić information content (AvgIpc) is 2.10. The van der Waals surface area contributed by atoms with Gasteiger partial charge in [-0.3, -0.25) is 0 Å². The summed E-state index contributed by atoms with van der Waals surface area (Å²) in [6.07, 6.45) is -1.09. The van der Waals surface area contributed by atoms with Gasteiger partial charge in [0, 0.05) is 18.3 Å². The smallest absolute Gasteiger partial charge is 0.407 e. The molecule has 2 N–H and O–H groups in total. The fourth-order valence-corrected chi connectivity index (χ4v) is 1.15. The largest absolute Gasteiger partial charge is 0.444 e. The van der Waals surface area contributed by atoms with Crippen molar-refractivity contribution in [1.82, 2.24) is 5.32 Å². The molecule has 0 spiro atoms. The van der Waals surface area contributed by atoms with Crippen molar-refractivity contribution in [2.24, 2.45) is 5.92 Å². The van der Waals surface area contributed by atoms with E-state index in [1.165, 1.54) is 0 Å². The third kappa shape index (κ3) is 7.45. The number of amides is 1. The lowest BCUT2D eigenvalue weighted by Gasteiger charge is -2.21. The third-order valence-electron chi connectivity index (χ3n) is 1.78.